The van der Waals surface area contributed by atoms with Gasteiger partial charge in [-0.05, 0) is 37.9 Å². The van der Waals surface area contributed by atoms with Gasteiger partial charge in [-0.15, -0.1) is 0 Å². The Morgan fingerprint density at radius 1 is 1.21 bits per heavy atom. The molecule has 1 aliphatic rings. The minimum absolute atomic E-state index is 0.399. The van der Waals surface area contributed by atoms with Gasteiger partial charge in [0.2, 0.25) is 0 Å². The molecule has 0 amide bonds. The van der Waals surface area contributed by atoms with Crippen LogP contribution in [0, 0.1) is 12.8 Å². The zero-order valence-corrected chi connectivity index (χ0v) is 14.0. The molecule has 6 nitrogen and oxygen atoms in total. The van der Waals surface area contributed by atoms with Gasteiger partial charge < -0.3 is 15.6 Å². The number of piperidine rings is 1. The van der Waals surface area contributed by atoms with E-state index in [1.165, 1.54) is 0 Å². The summed E-state index contributed by atoms with van der Waals surface area (Å²) in [6.07, 6.45) is 6.78. The van der Waals surface area contributed by atoms with Crippen molar-refractivity contribution < 1.29 is 0 Å². The lowest BCUT2D eigenvalue weighted by molar-refractivity contribution is 0.378. The molecular weight excluding hydrogens is 300 g/mol. The lowest BCUT2D eigenvalue weighted by atomic mass is 9.97. The van der Waals surface area contributed by atoms with Crippen molar-refractivity contribution in [1.82, 2.24) is 25.3 Å². The van der Waals surface area contributed by atoms with Crippen molar-refractivity contribution >= 4 is 16.7 Å². The molecule has 0 radical (unpaired) electrons. The van der Waals surface area contributed by atoms with E-state index in [0.717, 1.165) is 53.3 Å². The van der Waals surface area contributed by atoms with Crippen LogP contribution in [0.3, 0.4) is 0 Å². The zero-order valence-electron chi connectivity index (χ0n) is 14.0. The number of nitrogens with zero attached hydrogens (tertiary/aromatic N) is 3. The molecule has 0 saturated carbocycles. The molecule has 124 valence electrons. The summed E-state index contributed by atoms with van der Waals surface area (Å²) in [5.41, 5.74) is 3.91. The molecule has 4 rings (SSSR count). The second-order valence-electron chi connectivity index (χ2n) is 6.62. The van der Waals surface area contributed by atoms with Crippen LogP contribution in [0.15, 0.2) is 30.7 Å². The Kier molecular flexibility index (Phi) is 3.90. The molecular formula is C18H22N6. The summed E-state index contributed by atoms with van der Waals surface area (Å²) >= 11 is 0. The quantitative estimate of drug-likeness (QED) is 0.691. The number of anilines is 1. The molecule has 1 saturated heterocycles. The number of aryl methyl sites for hydroxylation is 1. The summed E-state index contributed by atoms with van der Waals surface area (Å²) in [6.45, 7) is 6.26. The molecule has 3 aromatic heterocycles. The van der Waals surface area contributed by atoms with Gasteiger partial charge in [0.25, 0.3) is 0 Å². The van der Waals surface area contributed by atoms with Gasteiger partial charge in [0, 0.05) is 42.1 Å². The van der Waals surface area contributed by atoms with E-state index in [4.69, 9.17) is 0 Å². The number of rotatable bonds is 3. The lowest BCUT2D eigenvalue weighted by Gasteiger charge is -2.30. The van der Waals surface area contributed by atoms with Crippen LogP contribution in [0.2, 0.25) is 0 Å². The fourth-order valence-electron chi connectivity index (χ4n) is 3.43. The summed E-state index contributed by atoms with van der Waals surface area (Å²) in [6, 6.07) is 4.41. The van der Waals surface area contributed by atoms with Crippen LogP contribution in [-0.2, 0) is 0 Å². The van der Waals surface area contributed by atoms with Crippen molar-refractivity contribution in [2.75, 3.05) is 18.4 Å². The molecule has 6 heteroatoms. The third-order valence-electron chi connectivity index (χ3n) is 4.56. The molecule has 1 aliphatic heterocycles. The third kappa shape index (κ3) is 2.85. The largest absolute Gasteiger partial charge is 0.380 e. The van der Waals surface area contributed by atoms with Gasteiger partial charge >= 0.3 is 0 Å². The van der Waals surface area contributed by atoms with E-state index in [1.54, 1.807) is 6.20 Å². The highest BCUT2D eigenvalue weighted by atomic mass is 15.0. The normalized spacial score (nSPS) is 21.1. The van der Waals surface area contributed by atoms with E-state index in [1.807, 2.05) is 25.4 Å². The Hall–Kier alpha value is -2.47. The van der Waals surface area contributed by atoms with Gasteiger partial charge in [-0.3, -0.25) is 0 Å². The topological polar surface area (TPSA) is 78.5 Å². The summed E-state index contributed by atoms with van der Waals surface area (Å²) in [5.74, 6) is 1.44. The molecule has 2 atom stereocenters. The molecule has 0 spiro atoms. The molecule has 4 heterocycles. The minimum Gasteiger partial charge on any atom is -0.380 e. The first kappa shape index (κ1) is 15.1. The molecule has 0 unspecified atom stereocenters. The first-order valence-electron chi connectivity index (χ1n) is 8.44. The molecule has 0 aromatic carbocycles. The SMILES string of the molecule is Cc1nccc(-c2cnc3[nH]ccc3c2N[C@H]2CNC[C@@H](C)C2)n1. The number of hydrogen-bond acceptors (Lipinski definition) is 5. The fraction of sp³-hybridized carbons (Fsp3) is 0.389. The Balaban J connectivity index is 1.79. The molecule has 3 aromatic rings. The molecule has 0 bridgehead atoms. The van der Waals surface area contributed by atoms with Crippen LogP contribution < -0.4 is 10.6 Å². The van der Waals surface area contributed by atoms with Crippen LogP contribution in [0.5, 0.6) is 0 Å². The van der Waals surface area contributed by atoms with Crippen LogP contribution in [0.4, 0.5) is 5.69 Å². The summed E-state index contributed by atoms with van der Waals surface area (Å²) < 4.78 is 0. The molecule has 1 fully saturated rings. The Morgan fingerprint density at radius 2 is 2.12 bits per heavy atom. The monoisotopic (exact) mass is 322 g/mol. The lowest BCUT2D eigenvalue weighted by Crippen LogP contribution is -2.42. The van der Waals surface area contributed by atoms with Crippen molar-refractivity contribution in [2.24, 2.45) is 5.92 Å². The van der Waals surface area contributed by atoms with Crippen molar-refractivity contribution in [2.45, 2.75) is 26.3 Å². The standard InChI is InChI=1S/C18H22N6/c1-11-7-13(9-19-8-11)24-17-14-3-5-21-18(14)22-10-15(17)16-4-6-20-12(2)23-16/h3-6,10-11,13,19H,7-9H2,1-2H3,(H2,21,22,24)/t11-,13+/m0/s1. The average Bonchev–Trinajstić information content (AvgIpc) is 3.04. The van der Waals surface area contributed by atoms with Gasteiger partial charge in [0.1, 0.15) is 11.5 Å². The summed E-state index contributed by atoms with van der Waals surface area (Å²) in [7, 11) is 0. The highest BCUT2D eigenvalue weighted by Crippen LogP contribution is 2.33. The number of aromatic nitrogens is 4. The number of nitrogens with one attached hydrogen (secondary N) is 3. The fourth-order valence-corrected chi connectivity index (χ4v) is 3.43. The number of H-pyrrole nitrogens is 1. The smallest absolute Gasteiger partial charge is 0.139 e. The maximum atomic E-state index is 4.59. The van der Waals surface area contributed by atoms with Crippen LogP contribution in [-0.4, -0.2) is 39.1 Å². The maximum Gasteiger partial charge on any atom is 0.139 e. The molecule has 24 heavy (non-hydrogen) atoms. The first-order valence-corrected chi connectivity index (χ1v) is 8.44. The van der Waals surface area contributed by atoms with Crippen molar-refractivity contribution in [3.05, 3.63) is 36.5 Å². The van der Waals surface area contributed by atoms with Crippen molar-refractivity contribution in [1.29, 1.82) is 0 Å². The number of hydrogen-bond donors (Lipinski definition) is 3. The van der Waals surface area contributed by atoms with E-state index in [2.05, 4.69) is 43.6 Å². The Labute approximate surface area is 141 Å². The predicted molar refractivity (Wildman–Crippen MR) is 95.9 cm³/mol. The highest BCUT2D eigenvalue weighted by Gasteiger charge is 2.21. The number of aromatic amines is 1. The Morgan fingerprint density at radius 3 is 2.96 bits per heavy atom. The summed E-state index contributed by atoms with van der Waals surface area (Å²) in [5, 5.41) is 8.35. The Bertz CT molecular complexity index is 856. The van der Waals surface area contributed by atoms with Crippen LogP contribution in [0.25, 0.3) is 22.3 Å². The predicted octanol–water partition coefficient (Wildman–Crippen LogP) is 2.74. The van der Waals surface area contributed by atoms with E-state index >= 15 is 0 Å². The number of fused-ring (bicyclic) bond motifs is 1. The second-order valence-corrected chi connectivity index (χ2v) is 6.62. The molecule has 3 N–H and O–H groups in total. The zero-order chi connectivity index (χ0) is 16.5. The van der Waals surface area contributed by atoms with Crippen molar-refractivity contribution in [3.63, 3.8) is 0 Å². The first-order chi connectivity index (χ1) is 11.7. The van der Waals surface area contributed by atoms with Gasteiger partial charge in [0.05, 0.1) is 11.4 Å². The van der Waals surface area contributed by atoms with Crippen molar-refractivity contribution in [3.8, 4) is 11.3 Å². The van der Waals surface area contributed by atoms with Gasteiger partial charge in [-0.25, -0.2) is 15.0 Å². The van der Waals surface area contributed by atoms with E-state index in [0.29, 0.717) is 12.0 Å². The highest BCUT2D eigenvalue weighted by molar-refractivity contribution is 5.97. The average molecular weight is 322 g/mol. The third-order valence-corrected chi connectivity index (χ3v) is 4.56. The van der Waals surface area contributed by atoms with E-state index in [9.17, 15) is 0 Å². The second kappa shape index (κ2) is 6.20. The number of pyridine rings is 1. The van der Waals surface area contributed by atoms with Crippen LogP contribution in [0.1, 0.15) is 19.2 Å². The maximum absolute atomic E-state index is 4.59. The van der Waals surface area contributed by atoms with Gasteiger partial charge in [-0.2, -0.15) is 0 Å². The molecule has 0 aliphatic carbocycles. The van der Waals surface area contributed by atoms with Crippen LogP contribution >= 0.6 is 0 Å². The van der Waals surface area contributed by atoms with Gasteiger partial charge in [0.15, 0.2) is 0 Å². The summed E-state index contributed by atoms with van der Waals surface area (Å²) in [4.78, 5) is 16.5. The van der Waals surface area contributed by atoms with E-state index in [-0.39, 0.29) is 0 Å². The van der Waals surface area contributed by atoms with Gasteiger partial charge in [-0.1, -0.05) is 6.92 Å². The minimum atomic E-state index is 0.399. The van der Waals surface area contributed by atoms with E-state index < -0.39 is 0 Å².